The Labute approximate surface area is 150 Å². The summed E-state index contributed by atoms with van der Waals surface area (Å²) in [5.41, 5.74) is 2.06. The molecule has 0 bridgehead atoms. The maximum atomic E-state index is 12.4. The van der Waals surface area contributed by atoms with Crippen molar-refractivity contribution in [2.24, 2.45) is 5.92 Å². The van der Waals surface area contributed by atoms with E-state index < -0.39 is 0 Å². The van der Waals surface area contributed by atoms with Crippen LogP contribution >= 0.6 is 0 Å². The Balaban J connectivity index is 1.37. The lowest BCUT2D eigenvalue weighted by atomic mass is 10.0. The van der Waals surface area contributed by atoms with Gasteiger partial charge < -0.3 is 14.3 Å². The van der Waals surface area contributed by atoms with Crippen molar-refractivity contribution in [1.82, 2.24) is 20.4 Å². The second-order valence-corrected chi connectivity index (χ2v) is 6.58. The maximum Gasteiger partial charge on any atom is 0.238 e. The van der Waals surface area contributed by atoms with Crippen molar-refractivity contribution in [2.75, 3.05) is 0 Å². The molecule has 0 radical (unpaired) electrons. The minimum atomic E-state index is -0.0373. The SMILES string of the molecule is Cc1cccnc1[C@@H](NC(=O)CCc1nc(-c2ccco2)no1)C1CC1. The van der Waals surface area contributed by atoms with Gasteiger partial charge in [0, 0.05) is 19.0 Å². The molecule has 0 aromatic carbocycles. The predicted molar refractivity (Wildman–Crippen MR) is 92.9 cm³/mol. The molecule has 1 N–H and O–H groups in total. The van der Waals surface area contributed by atoms with E-state index >= 15 is 0 Å². The van der Waals surface area contributed by atoms with E-state index in [-0.39, 0.29) is 18.4 Å². The fraction of sp³-hybridized carbons (Fsp3) is 0.368. The Hall–Kier alpha value is -2.96. The zero-order chi connectivity index (χ0) is 17.9. The molecule has 1 aliphatic carbocycles. The average Bonchev–Trinajstić information content (AvgIpc) is 3.14. The van der Waals surface area contributed by atoms with Crippen molar-refractivity contribution >= 4 is 5.91 Å². The van der Waals surface area contributed by atoms with Crippen molar-refractivity contribution in [2.45, 2.75) is 38.6 Å². The first-order valence-electron chi connectivity index (χ1n) is 8.78. The normalized spacial score (nSPS) is 15.0. The lowest BCUT2D eigenvalue weighted by molar-refractivity contribution is -0.122. The van der Waals surface area contributed by atoms with Crippen molar-refractivity contribution in [1.29, 1.82) is 0 Å². The standard InChI is InChI=1S/C19H20N4O3/c1-12-4-2-10-20-17(12)18(13-6-7-13)21-15(24)8-9-16-22-19(23-26-16)14-5-3-11-25-14/h2-5,10-11,13,18H,6-9H2,1H3,(H,21,24)/t18-/m0/s1. The number of aryl methyl sites for hydroxylation is 2. The third-order valence-electron chi connectivity index (χ3n) is 4.53. The molecule has 0 saturated heterocycles. The highest BCUT2D eigenvalue weighted by Gasteiger charge is 2.35. The largest absolute Gasteiger partial charge is 0.461 e. The number of nitrogens with one attached hydrogen (secondary N) is 1. The highest BCUT2D eigenvalue weighted by Crippen LogP contribution is 2.41. The van der Waals surface area contributed by atoms with Gasteiger partial charge in [-0.05, 0) is 49.4 Å². The molecule has 4 rings (SSSR count). The molecule has 0 spiro atoms. The summed E-state index contributed by atoms with van der Waals surface area (Å²) in [5.74, 6) is 1.80. The fourth-order valence-electron chi connectivity index (χ4n) is 2.99. The van der Waals surface area contributed by atoms with Crippen LogP contribution in [0, 0.1) is 12.8 Å². The van der Waals surface area contributed by atoms with Crippen LogP contribution in [0.25, 0.3) is 11.6 Å². The van der Waals surface area contributed by atoms with E-state index in [0.29, 0.717) is 29.8 Å². The number of carbonyl (C=O) groups excluding carboxylic acids is 1. The summed E-state index contributed by atoms with van der Waals surface area (Å²) >= 11 is 0. The minimum absolute atomic E-state index is 0.0231. The van der Waals surface area contributed by atoms with Gasteiger partial charge in [-0.2, -0.15) is 4.98 Å². The number of nitrogens with zero attached hydrogens (tertiary/aromatic N) is 3. The van der Waals surface area contributed by atoms with Crippen molar-refractivity contribution in [3.63, 3.8) is 0 Å². The fourth-order valence-corrected chi connectivity index (χ4v) is 2.99. The Kier molecular flexibility index (Phi) is 4.51. The number of rotatable bonds is 7. The zero-order valence-electron chi connectivity index (χ0n) is 14.5. The monoisotopic (exact) mass is 352 g/mol. The van der Waals surface area contributed by atoms with Gasteiger partial charge in [-0.25, -0.2) is 0 Å². The minimum Gasteiger partial charge on any atom is -0.461 e. The molecule has 26 heavy (non-hydrogen) atoms. The lowest BCUT2D eigenvalue weighted by Crippen LogP contribution is -2.31. The van der Waals surface area contributed by atoms with E-state index in [9.17, 15) is 4.79 Å². The van der Waals surface area contributed by atoms with Gasteiger partial charge in [0.05, 0.1) is 18.0 Å². The molecule has 1 saturated carbocycles. The van der Waals surface area contributed by atoms with E-state index in [1.807, 2.05) is 19.1 Å². The molecule has 7 nitrogen and oxygen atoms in total. The van der Waals surface area contributed by atoms with Gasteiger partial charge in [0.2, 0.25) is 17.6 Å². The van der Waals surface area contributed by atoms with Crippen LogP contribution in [0.15, 0.2) is 45.7 Å². The molecule has 1 fully saturated rings. The smallest absolute Gasteiger partial charge is 0.238 e. The first kappa shape index (κ1) is 16.5. The molecule has 3 aromatic heterocycles. The number of hydrogen-bond acceptors (Lipinski definition) is 6. The topological polar surface area (TPSA) is 94.1 Å². The van der Waals surface area contributed by atoms with Gasteiger partial charge in [-0.3, -0.25) is 9.78 Å². The van der Waals surface area contributed by atoms with Gasteiger partial charge in [0.15, 0.2) is 5.76 Å². The molecular formula is C19H20N4O3. The highest BCUT2D eigenvalue weighted by atomic mass is 16.5. The summed E-state index contributed by atoms with van der Waals surface area (Å²) < 4.78 is 10.4. The molecular weight excluding hydrogens is 332 g/mol. The van der Waals surface area contributed by atoms with E-state index in [2.05, 4.69) is 20.4 Å². The van der Waals surface area contributed by atoms with Crippen molar-refractivity contribution in [3.05, 3.63) is 53.9 Å². The molecule has 0 unspecified atom stereocenters. The van der Waals surface area contributed by atoms with E-state index in [4.69, 9.17) is 8.94 Å². The summed E-state index contributed by atoms with van der Waals surface area (Å²) in [6.45, 7) is 2.03. The van der Waals surface area contributed by atoms with E-state index in [1.165, 1.54) is 0 Å². The Morgan fingerprint density at radius 1 is 1.35 bits per heavy atom. The first-order chi connectivity index (χ1) is 12.7. The molecule has 134 valence electrons. The molecule has 0 aliphatic heterocycles. The number of carbonyl (C=O) groups is 1. The van der Waals surface area contributed by atoms with Crippen LogP contribution in [0.3, 0.4) is 0 Å². The quantitative estimate of drug-likeness (QED) is 0.701. The third-order valence-corrected chi connectivity index (χ3v) is 4.53. The Morgan fingerprint density at radius 2 is 2.23 bits per heavy atom. The van der Waals surface area contributed by atoms with Crippen molar-refractivity contribution < 1.29 is 13.7 Å². The summed E-state index contributed by atoms with van der Waals surface area (Å²) in [6, 6.07) is 7.44. The van der Waals surface area contributed by atoms with Gasteiger partial charge >= 0.3 is 0 Å². The number of pyridine rings is 1. The third kappa shape index (κ3) is 3.66. The summed E-state index contributed by atoms with van der Waals surface area (Å²) in [6.07, 6.45) is 6.25. The Morgan fingerprint density at radius 3 is 2.96 bits per heavy atom. The maximum absolute atomic E-state index is 12.4. The van der Waals surface area contributed by atoms with Crippen LogP contribution in [0.5, 0.6) is 0 Å². The van der Waals surface area contributed by atoms with Crippen LogP contribution in [-0.2, 0) is 11.2 Å². The van der Waals surface area contributed by atoms with Gasteiger partial charge in [0.25, 0.3) is 0 Å². The van der Waals surface area contributed by atoms with Gasteiger partial charge in [-0.15, -0.1) is 0 Å². The molecule has 3 aromatic rings. The predicted octanol–water partition coefficient (Wildman–Crippen LogP) is 3.23. The van der Waals surface area contributed by atoms with Crippen molar-refractivity contribution in [3.8, 4) is 11.6 Å². The first-order valence-corrected chi connectivity index (χ1v) is 8.78. The van der Waals surface area contributed by atoms with Crippen LogP contribution in [0.4, 0.5) is 0 Å². The average molecular weight is 352 g/mol. The number of furan rings is 1. The summed E-state index contributed by atoms with van der Waals surface area (Å²) in [4.78, 5) is 21.2. The second-order valence-electron chi connectivity index (χ2n) is 6.58. The number of amides is 1. The van der Waals surface area contributed by atoms with E-state index in [0.717, 1.165) is 24.1 Å². The van der Waals surface area contributed by atoms with Gasteiger partial charge in [0.1, 0.15) is 0 Å². The van der Waals surface area contributed by atoms with Gasteiger partial charge in [-0.1, -0.05) is 11.2 Å². The van der Waals surface area contributed by atoms with Crippen LogP contribution in [0.1, 0.15) is 42.5 Å². The highest BCUT2D eigenvalue weighted by molar-refractivity contribution is 5.76. The second kappa shape index (κ2) is 7.11. The van der Waals surface area contributed by atoms with E-state index in [1.54, 1.807) is 24.6 Å². The molecule has 1 atom stereocenters. The molecule has 7 heteroatoms. The van der Waals surface area contributed by atoms with Crippen LogP contribution in [-0.4, -0.2) is 21.0 Å². The van der Waals surface area contributed by atoms with Crippen LogP contribution < -0.4 is 5.32 Å². The zero-order valence-corrected chi connectivity index (χ0v) is 14.5. The summed E-state index contributed by atoms with van der Waals surface area (Å²) in [5, 5.41) is 7.00. The molecule has 3 heterocycles. The number of hydrogen-bond donors (Lipinski definition) is 1. The molecule has 1 amide bonds. The van der Waals surface area contributed by atoms with Crippen LogP contribution in [0.2, 0.25) is 0 Å². The Bertz CT molecular complexity index is 884. The summed E-state index contributed by atoms with van der Waals surface area (Å²) in [7, 11) is 0. The number of aromatic nitrogens is 3. The lowest BCUT2D eigenvalue weighted by Gasteiger charge is -2.19. The molecule has 1 aliphatic rings.